The second kappa shape index (κ2) is 8.09. The number of hydrogen-bond donors (Lipinski definition) is 1. The number of hydrogen-bond acceptors (Lipinski definition) is 4. The fourth-order valence-electron chi connectivity index (χ4n) is 2.50. The Balaban J connectivity index is 2.19. The third-order valence-corrected chi connectivity index (χ3v) is 4.10. The van der Waals surface area contributed by atoms with Crippen LogP contribution in [0.4, 0.5) is 0 Å². The summed E-state index contributed by atoms with van der Waals surface area (Å²) in [6.45, 7) is 2.70. The lowest BCUT2D eigenvalue weighted by molar-refractivity contribution is 0.321. The van der Waals surface area contributed by atoms with Crippen molar-refractivity contribution in [3.63, 3.8) is 0 Å². The van der Waals surface area contributed by atoms with Gasteiger partial charge in [-0.05, 0) is 24.6 Å². The molecule has 0 fully saturated rings. The summed E-state index contributed by atoms with van der Waals surface area (Å²) in [5.41, 5.74) is 2.05. The molecule has 1 atom stereocenters. The average molecular weight is 336 g/mol. The van der Waals surface area contributed by atoms with Crippen LogP contribution in [0.5, 0.6) is 17.2 Å². The molecule has 0 aliphatic heterocycles. The van der Waals surface area contributed by atoms with E-state index in [1.807, 2.05) is 36.4 Å². The molecule has 23 heavy (non-hydrogen) atoms. The van der Waals surface area contributed by atoms with E-state index in [9.17, 15) is 0 Å². The van der Waals surface area contributed by atoms with Gasteiger partial charge in [0.25, 0.3) is 0 Å². The van der Waals surface area contributed by atoms with Crippen molar-refractivity contribution in [3.05, 3.63) is 52.5 Å². The Labute approximate surface area is 142 Å². The minimum Gasteiger partial charge on any atom is -0.493 e. The summed E-state index contributed by atoms with van der Waals surface area (Å²) >= 11 is 6.25. The van der Waals surface area contributed by atoms with Gasteiger partial charge in [0.15, 0.2) is 11.5 Å². The lowest BCUT2D eigenvalue weighted by atomic mass is 10.1. The average Bonchev–Trinajstić information content (AvgIpc) is 2.58. The second-order valence-corrected chi connectivity index (χ2v) is 5.52. The normalized spacial score (nSPS) is 11.9. The van der Waals surface area contributed by atoms with Gasteiger partial charge in [0, 0.05) is 23.2 Å². The van der Waals surface area contributed by atoms with Crippen molar-refractivity contribution in [2.45, 2.75) is 19.5 Å². The zero-order valence-corrected chi connectivity index (χ0v) is 14.6. The Morgan fingerprint density at radius 3 is 2.26 bits per heavy atom. The van der Waals surface area contributed by atoms with Crippen LogP contribution in [0, 0.1) is 0 Å². The summed E-state index contributed by atoms with van der Waals surface area (Å²) in [4.78, 5) is 0. The van der Waals surface area contributed by atoms with Gasteiger partial charge in [-0.15, -0.1) is 0 Å². The molecule has 0 aliphatic rings. The summed E-state index contributed by atoms with van der Waals surface area (Å²) < 4.78 is 16.2. The zero-order chi connectivity index (χ0) is 16.8. The van der Waals surface area contributed by atoms with Crippen LogP contribution in [0.2, 0.25) is 5.02 Å². The van der Waals surface area contributed by atoms with Gasteiger partial charge in [0.2, 0.25) is 5.75 Å². The minimum absolute atomic E-state index is 0.113. The van der Waals surface area contributed by atoms with Crippen LogP contribution in [0.3, 0.4) is 0 Å². The molecular formula is C18H22ClNO3. The smallest absolute Gasteiger partial charge is 0.203 e. The standard InChI is InChI=1S/C18H22ClNO3/c1-12(14-7-5-6-8-15(14)19)20-11-13-9-10-16(21-2)18(23-4)17(13)22-3/h5-10,12,20H,11H2,1-4H3/t12-/m1/s1. The lowest BCUT2D eigenvalue weighted by Crippen LogP contribution is -2.19. The molecule has 0 amide bonds. The van der Waals surface area contributed by atoms with Crippen molar-refractivity contribution in [1.82, 2.24) is 5.32 Å². The van der Waals surface area contributed by atoms with E-state index in [4.69, 9.17) is 25.8 Å². The molecule has 2 aromatic carbocycles. The molecule has 0 heterocycles. The van der Waals surface area contributed by atoms with Gasteiger partial charge in [-0.2, -0.15) is 0 Å². The predicted octanol–water partition coefficient (Wildman–Crippen LogP) is 4.22. The zero-order valence-electron chi connectivity index (χ0n) is 13.9. The molecule has 2 rings (SSSR count). The number of methoxy groups -OCH3 is 3. The van der Waals surface area contributed by atoms with Gasteiger partial charge >= 0.3 is 0 Å². The highest BCUT2D eigenvalue weighted by Crippen LogP contribution is 2.39. The summed E-state index contributed by atoms with van der Waals surface area (Å²) in [6.07, 6.45) is 0. The van der Waals surface area contributed by atoms with Gasteiger partial charge in [0.1, 0.15) is 0 Å². The Hall–Kier alpha value is -1.91. The van der Waals surface area contributed by atoms with E-state index in [-0.39, 0.29) is 6.04 Å². The predicted molar refractivity (Wildman–Crippen MR) is 92.8 cm³/mol. The molecule has 2 aromatic rings. The van der Waals surface area contributed by atoms with E-state index in [0.717, 1.165) is 16.1 Å². The second-order valence-electron chi connectivity index (χ2n) is 5.12. The maximum Gasteiger partial charge on any atom is 0.203 e. The first-order chi connectivity index (χ1) is 11.1. The lowest BCUT2D eigenvalue weighted by Gasteiger charge is -2.19. The van der Waals surface area contributed by atoms with Crippen LogP contribution in [0.25, 0.3) is 0 Å². The van der Waals surface area contributed by atoms with Crippen LogP contribution in [-0.4, -0.2) is 21.3 Å². The van der Waals surface area contributed by atoms with Crippen LogP contribution in [0.15, 0.2) is 36.4 Å². The van der Waals surface area contributed by atoms with E-state index >= 15 is 0 Å². The quantitative estimate of drug-likeness (QED) is 0.822. The van der Waals surface area contributed by atoms with E-state index in [2.05, 4.69) is 12.2 Å². The minimum atomic E-state index is 0.113. The summed E-state index contributed by atoms with van der Waals surface area (Å²) in [5, 5.41) is 4.21. The molecule has 4 nitrogen and oxygen atoms in total. The molecule has 0 saturated heterocycles. The fourth-order valence-corrected chi connectivity index (χ4v) is 2.80. The SMILES string of the molecule is COc1ccc(CN[C@H](C)c2ccccc2Cl)c(OC)c1OC. The van der Waals surface area contributed by atoms with Gasteiger partial charge < -0.3 is 19.5 Å². The molecule has 0 radical (unpaired) electrons. The van der Waals surface area contributed by atoms with Crippen molar-refractivity contribution in [1.29, 1.82) is 0 Å². The van der Waals surface area contributed by atoms with E-state index < -0.39 is 0 Å². The largest absolute Gasteiger partial charge is 0.493 e. The van der Waals surface area contributed by atoms with Crippen LogP contribution >= 0.6 is 11.6 Å². The van der Waals surface area contributed by atoms with E-state index in [1.165, 1.54) is 0 Å². The van der Waals surface area contributed by atoms with Crippen molar-refractivity contribution >= 4 is 11.6 Å². The molecule has 0 spiro atoms. The van der Waals surface area contributed by atoms with Gasteiger partial charge in [-0.1, -0.05) is 35.9 Å². The van der Waals surface area contributed by atoms with E-state index in [0.29, 0.717) is 23.8 Å². The van der Waals surface area contributed by atoms with Gasteiger partial charge in [-0.25, -0.2) is 0 Å². The van der Waals surface area contributed by atoms with Crippen LogP contribution in [-0.2, 0) is 6.54 Å². The highest BCUT2D eigenvalue weighted by molar-refractivity contribution is 6.31. The Kier molecular flexibility index (Phi) is 6.13. The highest BCUT2D eigenvalue weighted by Gasteiger charge is 2.16. The summed E-state index contributed by atoms with van der Waals surface area (Å²) in [5.74, 6) is 1.91. The first-order valence-electron chi connectivity index (χ1n) is 7.38. The number of benzene rings is 2. The maximum absolute atomic E-state index is 6.25. The van der Waals surface area contributed by atoms with Crippen LogP contribution < -0.4 is 19.5 Å². The Morgan fingerprint density at radius 2 is 1.65 bits per heavy atom. The molecule has 0 aliphatic carbocycles. The molecule has 124 valence electrons. The molecule has 1 N–H and O–H groups in total. The molecular weight excluding hydrogens is 314 g/mol. The molecule has 0 bridgehead atoms. The summed E-state index contributed by atoms with van der Waals surface area (Å²) in [6, 6.07) is 11.8. The first kappa shape index (κ1) is 17.4. The van der Waals surface area contributed by atoms with Crippen molar-refractivity contribution in [2.24, 2.45) is 0 Å². The third kappa shape index (κ3) is 3.89. The van der Waals surface area contributed by atoms with Gasteiger partial charge in [0.05, 0.1) is 21.3 Å². The summed E-state index contributed by atoms with van der Waals surface area (Å²) in [7, 11) is 4.83. The molecule has 0 unspecified atom stereocenters. The van der Waals surface area contributed by atoms with Crippen molar-refractivity contribution < 1.29 is 14.2 Å². The monoisotopic (exact) mass is 335 g/mol. The fraction of sp³-hybridized carbons (Fsp3) is 0.333. The highest BCUT2D eigenvalue weighted by atomic mass is 35.5. The molecule has 0 saturated carbocycles. The number of ether oxygens (including phenoxy) is 3. The van der Waals surface area contributed by atoms with Gasteiger partial charge in [-0.3, -0.25) is 0 Å². The number of nitrogens with one attached hydrogen (secondary N) is 1. The molecule has 0 aromatic heterocycles. The van der Waals surface area contributed by atoms with Crippen LogP contribution in [0.1, 0.15) is 24.1 Å². The van der Waals surface area contributed by atoms with Crippen molar-refractivity contribution in [3.8, 4) is 17.2 Å². The van der Waals surface area contributed by atoms with E-state index in [1.54, 1.807) is 21.3 Å². The Bertz CT molecular complexity index is 661. The molecule has 5 heteroatoms. The number of halogens is 1. The van der Waals surface area contributed by atoms with Crippen molar-refractivity contribution in [2.75, 3.05) is 21.3 Å². The third-order valence-electron chi connectivity index (χ3n) is 3.76. The maximum atomic E-state index is 6.25. The topological polar surface area (TPSA) is 39.7 Å². The Morgan fingerprint density at radius 1 is 0.957 bits per heavy atom. The number of rotatable bonds is 7. The first-order valence-corrected chi connectivity index (χ1v) is 7.75.